The molecule has 1 aromatic heterocycles. The van der Waals surface area contributed by atoms with Crippen molar-refractivity contribution in [1.82, 2.24) is 4.98 Å². The predicted octanol–water partition coefficient (Wildman–Crippen LogP) is 3.94. The number of rotatable bonds is 1. The van der Waals surface area contributed by atoms with Crippen LogP contribution in [-0.2, 0) is 5.88 Å². The van der Waals surface area contributed by atoms with Crippen molar-refractivity contribution in [3.63, 3.8) is 0 Å². The molecule has 0 aliphatic carbocycles. The Kier molecular flexibility index (Phi) is 2.62. The first-order valence-corrected chi connectivity index (χ1v) is 5.24. The van der Waals surface area contributed by atoms with E-state index in [2.05, 4.69) is 4.98 Å². The third kappa shape index (κ3) is 1.58. The average Bonchev–Trinajstić information content (AvgIpc) is 2.18. The Bertz CT molecular complexity index is 480. The van der Waals surface area contributed by atoms with Crippen LogP contribution in [0, 0.1) is 6.92 Å². The fourth-order valence-electron chi connectivity index (χ4n) is 1.54. The molecule has 0 aliphatic rings. The summed E-state index contributed by atoms with van der Waals surface area (Å²) < 4.78 is 0. The fraction of sp³-hybridized carbons (Fsp3) is 0.182. The minimum atomic E-state index is 0.486. The predicted molar refractivity (Wildman–Crippen MR) is 61.0 cm³/mol. The van der Waals surface area contributed by atoms with Crippen molar-refractivity contribution in [2.24, 2.45) is 0 Å². The third-order valence-corrected chi connectivity index (χ3v) is 2.74. The van der Waals surface area contributed by atoms with Gasteiger partial charge in [0.2, 0.25) is 0 Å². The quantitative estimate of drug-likeness (QED) is 0.671. The largest absolute Gasteiger partial charge is 0.252 e. The molecular formula is C11H9Cl2N. The fourth-order valence-corrected chi connectivity index (χ4v) is 1.98. The Morgan fingerprint density at radius 2 is 2.14 bits per heavy atom. The summed E-state index contributed by atoms with van der Waals surface area (Å²) >= 11 is 11.9. The van der Waals surface area contributed by atoms with Gasteiger partial charge in [0.1, 0.15) is 0 Å². The van der Waals surface area contributed by atoms with Gasteiger partial charge in [0.05, 0.1) is 10.5 Å². The van der Waals surface area contributed by atoms with Crippen LogP contribution in [0.5, 0.6) is 0 Å². The van der Waals surface area contributed by atoms with Gasteiger partial charge in [-0.3, -0.25) is 4.98 Å². The molecule has 1 aromatic carbocycles. The molecule has 0 spiro atoms. The van der Waals surface area contributed by atoms with Crippen molar-refractivity contribution >= 4 is 34.1 Å². The standard InChI is InChI=1S/C11H9Cl2N/c1-7-5-8(6-12)9-3-2-4-10(13)11(9)14-7/h2-5H,6H2,1H3. The Morgan fingerprint density at radius 3 is 2.86 bits per heavy atom. The molecule has 0 unspecified atom stereocenters. The monoisotopic (exact) mass is 225 g/mol. The smallest absolute Gasteiger partial charge is 0.0894 e. The zero-order valence-corrected chi connectivity index (χ0v) is 9.23. The average molecular weight is 226 g/mol. The normalized spacial score (nSPS) is 10.8. The second kappa shape index (κ2) is 3.76. The van der Waals surface area contributed by atoms with Crippen LogP contribution in [0.4, 0.5) is 0 Å². The molecule has 14 heavy (non-hydrogen) atoms. The van der Waals surface area contributed by atoms with Crippen LogP contribution in [0.25, 0.3) is 10.9 Å². The highest BCUT2D eigenvalue weighted by atomic mass is 35.5. The molecule has 1 heterocycles. The molecular weight excluding hydrogens is 217 g/mol. The molecule has 2 rings (SSSR count). The molecule has 0 atom stereocenters. The van der Waals surface area contributed by atoms with Crippen molar-refractivity contribution < 1.29 is 0 Å². The number of benzene rings is 1. The number of aromatic nitrogens is 1. The number of pyridine rings is 1. The number of fused-ring (bicyclic) bond motifs is 1. The topological polar surface area (TPSA) is 12.9 Å². The molecule has 2 aromatic rings. The molecule has 0 bridgehead atoms. The van der Waals surface area contributed by atoms with E-state index in [0.717, 1.165) is 22.2 Å². The summed E-state index contributed by atoms with van der Waals surface area (Å²) in [5, 5.41) is 1.72. The van der Waals surface area contributed by atoms with Crippen molar-refractivity contribution in [3.8, 4) is 0 Å². The second-order valence-corrected chi connectivity index (χ2v) is 3.87. The van der Waals surface area contributed by atoms with Gasteiger partial charge in [-0.25, -0.2) is 0 Å². The number of nitrogens with zero attached hydrogens (tertiary/aromatic N) is 1. The van der Waals surface area contributed by atoms with E-state index in [9.17, 15) is 0 Å². The van der Waals surface area contributed by atoms with Crippen LogP contribution in [0.3, 0.4) is 0 Å². The summed E-state index contributed by atoms with van der Waals surface area (Å²) in [7, 11) is 0. The lowest BCUT2D eigenvalue weighted by molar-refractivity contribution is 1.22. The van der Waals surface area contributed by atoms with Crippen molar-refractivity contribution in [1.29, 1.82) is 0 Å². The molecule has 1 nitrogen and oxygen atoms in total. The van der Waals surface area contributed by atoms with E-state index in [1.165, 1.54) is 0 Å². The van der Waals surface area contributed by atoms with Gasteiger partial charge in [-0.05, 0) is 24.6 Å². The highest BCUT2D eigenvalue weighted by Gasteiger charge is 2.05. The molecule has 0 radical (unpaired) electrons. The summed E-state index contributed by atoms with van der Waals surface area (Å²) in [6.45, 7) is 1.94. The summed E-state index contributed by atoms with van der Waals surface area (Å²) in [5.41, 5.74) is 2.86. The number of halogens is 2. The van der Waals surface area contributed by atoms with Gasteiger partial charge in [-0.15, -0.1) is 11.6 Å². The number of hydrogen-bond acceptors (Lipinski definition) is 1. The SMILES string of the molecule is Cc1cc(CCl)c2cccc(Cl)c2n1. The van der Waals surface area contributed by atoms with E-state index in [0.29, 0.717) is 10.9 Å². The van der Waals surface area contributed by atoms with Crippen LogP contribution in [0.2, 0.25) is 5.02 Å². The summed E-state index contributed by atoms with van der Waals surface area (Å²) in [5.74, 6) is 0.486. The third-order valence-electron chi connectivity index (χ3n) is 2.15. The van der Waals surface area contributed by atoms with Gasteiger partial charge in [-0.1, -0.05) is 23.7 Å². The zero-order chi connectivity index (χ0) is 10.1. The molecule has 0 saturated heterocycles. The van der Waals surface area contributed by atoms with Crippen molar-refractivity contribution in [2.45, 2.75) is 12.8 Å². The number of hydrogen-bond donors (Lipinski definition) is 0. The first-order chi connectivity index (χ1) is 6.72. The van der Waals surface area contributed by atoms with E-state index in [4.69, 9.17) is 23.2 Å². The van der Waals surface area contributed by atoms with E-state index in [-0.39, 0.29) is 0 Å². The maximum Gasteiger partial charge on any atom is 0.0894 e. The number of alkyl halides is 1. The number of para-hydroxylation sites is 1. The van der Waals surface area contributed by atoms with E-state index < -0.39 is 0 Å². The first kappa shape index (κ1) is 9.75. The van der Waals surface area contributed by atoms with Gasteiger partial charge >= 0.3 is 0 Å². The Balaban J connectivity index is 2.87. The molecule has 0 amide bonds. The molecule has 0 N–H and O–H groups in total. The van der Waals surface area contributed by atoms with Crippen LogP contribution in [-0.4, -0.2) is 4.98 Å². The highest BCUT2D eigenvalue weighted by molar-refractivity contribution is 6.35. The summed E-state index contributed by atoms with van der Waals surface area (Å²) in [6, 6.07) is 7.74. The molecule has 0 fully saturated rings. The first-order valence-electron chi connectivity index (χ1n) is 4.33. The summed E-state index contributed by atoms with van der Waals surface area (Å²) in [4.78, 5) is 4.39. The molecule has 0 aliphatic heterocycles. The van der Waals surface area contributed by atoms with Gasteiger partial charge in [0.25, 0.3) is 0 Å². The minimum absolute atomic E-state index is 0.486. The van der Waals surface area contributed by atoms with E-state index >= 15 is 0 Å². The Morgan fingerprint density at radius 1 is 1.36 bits per heavy atom. The molecule has 3 heteroatoms. The van der Waals surface area contributed by atoms with Gasteiger partial charge in [0, 0.05) is 17.0 Å². The summed E-state index contributed by atoms with van der Waals surface area (Å²) in [6.07, 6.45) is 0. The van der Waals surface area contributed by atoms with Crippen LogP contribution < -0.4 is 0 Å². The molecule has 72 valence electrons. The van der Waals surface area contributed by atoms with Gasteiger partial charge < -0.3 is 0 Å². The van der Waals surface area contributed by atoms with Crippen LogP contribution >= 0.6 is 23.2 Å². The van der Waals surface area contributed by atoms with E-state index in [1.807, 2.05) is 31.2 Å². The van der Waals surface area contributed by atoms with Gasteiger partial charge in [-0.2, -0.15) is 0 Å². The maximum atomic E-state index is 6.05. The second-order valence-electron chi connectivity index (χ2n) is 3.19. The van der Waals surface area contributed by atoms with Crippen LogP contribution in [0.15, 0.2) is 24.3 Å². The van der Waals surface area contributed by atoms with Crippen molar-refractivity contribution in [3.05, 3.63) is 40.5 Å². The lowest BCUT2D eigenvalue weighted by atomic mass is 10.1. The van der Waals surface area contributed by atoms with E-state index in [1.54, 1.807) is 0 Å². The van der Waals surface area contributed by atoms with Crippen LogP contribution in [0.1, 0.15) is 11.3 Å². The Hall–Kier alpha value is -0.790. The van der Waals surface area contributed by atoms with Gasteiger partial charge in [0.15, 0.2) is 0 Å². The van der Waals surface area contributed by atoms with Crippen molar-refractivity contribution in [2.75, 3.05) is 0 Å². The molecule has 0 saturated carbocycles. The highest BCUT2D eigenvalue weighted by Crippen LogP contribution is 2.25. The lowest BCUT2D eigenvalue weighted by Crippen LogP contribution is -1.90. The minimum Gasteiger partial charge on any atom is -0.252 e. The zero-order valence-electron chi connectivity index (χ0n) is 7.72. The number of aryl methyl sites for hydroxylation is 1. The Labute approximate surface area is 92.7 Å². The lowest BCUT2D eigenvalue weighted by Gasteiger charge is -2.05. The maximum absolute atomic E-state index is 6.05.